The Morgan fingerprint density at radius 1 is 0.944 bits per heavy atom. The first-order valence-electron chi connectivity index (χ1n) is 11.1. The molecule has 4 aliphatic carbocycles. The molecule has 0 spiro atoms. The van der Waals surface area contributed by atoms with Crippen molar-refractivity contribution in [2.24, 2.45) is 17.8 Å². The van der Waals surface area contributed by atoms with Crippen LogP contribution in [0.3, 0.4) is 0 Å². The van der Waals surface area contributed by atoms with E-state index < -0.39 is 43.7 Å². The molecule has 5 aliphatic rings. The van der Waals surface area contributed by atoms with Gasteiger partial charge in [-0.25, -0.2) is 0 Å². The van der Waals surface area contributed by atoms with Gasteiger partial charge in [-0.05, 0) is 60.4 Å². The second kappa shape index (κ2) is 7.84. The molecule has 1 aromatic rings. The molecule has 2 N–H and O–H groups in total. The summed E-state index contributed by atoms with van der Waals surface area (Å²) in [5.74, 6) is -3.37. The number of rotatable bonds is 2. The zero-order valence-corrected chi connectivity index (χ0v) is 22.6. The van der Waals surface area contributed by atoms with E-state index in [0.717, 1.165) is 0 Å². The second-order valence-corrected chi connectivity index (χ2v) is 13.0. The number of fused-ring (bicyclic) bond motifs is 7. The Morgan fingerprint density at radius 3 is 2.22 bits per heavy atom. The van der Waals surface area contributed by atoms with Crippen molar-refractivity contribution in [2.75, 3.05) is 0 Å². The van der Waals surface area contributed by atoms with Crippen molar-refractivity contribution >= 4 is 86.5 Å². The molecule has 2 fully saturated rings. The molecule has 0 saturated heterocycles. The van der Waals surface area contributed by atoms with Crippen molar-refractivity contribution < 1.29 is 19.4 Å². The predicted octanol–water partition coefficient (Wildman–Crippen LogP) is 7.26. The minimum Gasteiger partial charge on any atom is -0.508 e. The molecule has 0 aromatic heterocycles. The van der Waals surface area contributed by atoms with Gasteiger partial charge in [-0.15, -0.1) is 23.2 Å². The van der Waals surface area contributed by atoms with E-state index in [1.165, 1.54) is 24.3 Å². The lowest BCUT2D eigenvalue weighted by Crippen LogP contribution is -2.45. The van der Waals surface area contributed by atoms with E-state index in [2.05, 4.69) is 0 Å². The van der Waals surface area contributed by atoms with Crippen molar-refractivity contribution in [3.05, 3.63) is 62.2 Å². The SMILES string of the molecule is O=C(O)C1CC2C(CC1c1c3ccc(=O)cc-3oc3cc(O)ccc13)C1(Cl)C(Cl)=C(Cl)C2(Cl)C1(Cl)Cl. The molecule has 1 aromatic carbocycles. The summed E-state index contributed by atoms with van der Waals surface area (Å²) in [7, 11) is 0. The van der Waals surface area contributed by atoms with Crippen LogP contribution in [-0.2, 0) is 4.79 Å². The summed E-state index contributed by atoms with van der Waals surface area (Å²) in [6.07, 6.45) is 0.326. The maximum absolute atomic E-state index is 12.7. The van der Waals surface area contributed by atoms with Gasteiger partial charge in [0.1, 0.15) is 26.8 Å². The van der Waals surface area contributed by atoms with E-state index >= 15 is 0 Å². The zero-order chi connectivity index (χ0) is 25.9. The summed E-state index contributed by atoms with van der Waals surface area (Å²) in [6.45, 7) is 0. The molecule has 36 heavy (non-hydrogen) atoms. The first-order valence-corrected chi connectivity index (χ1v) is 13.3. The minimum absolute atomic E-state index is 0.0363. The fourth-order valence-electron chi connectivity index (χ4n) is 6.62. The highest BCUT2D eigenvalue weighted by Crippen LogP contribution is 2.79. The number of halogens is 6. The van der Waals surface area contributed by atoms with Crippen molar-refractivity contribution in [3.8, 4) is 17.1 Å². The summed E-state index contributed by atoms with van der Waals surface area (Å²) in [5.41, 5.74) is 1.27. The molecule has 1 aliphatic heterocycles. The molecule has 6 rings (SSSR count). The molecular formula is C25H16Cl6O5. The van der Waals surface area contributed by atoms with E-state index in [1.807, 2.05) is 0 Å². The van der Waals surface area contributed by atoms with Crippen LogP contribution >= 0.6 is 69.6 Å². The standard InChI is InChI=1S/C25H16Cl6O5/c26-20-21(27)24(29)16-8-14(22(34)35)13(7-15(16)23(20,28)25(24,30)31)19-11-3-1-9(32)5-17(11)36-18-6-10(33)2-4-12(18)19/h1-6,13-16,32H,7-8H2,(H,34,35). The molecule has 0 radical (unpaired) electrons. The smallest absolute Gasteiger partial charge is 0.307 e. The van der Waals surface area contributed by atoms with E-state index in [-0.39, 0.29) is 39.8 Å². The number of aromatic hydroxyl groups is 1. The van der Waals surface area contributed by atoms with Gasteiger partial charge in [0, 0.05) is 23.1 Å². The summed E-state index contributed by atoms with van der Waals surface area (Å²) in [4.78, 5) is 21.7. The number of phenols is 1. The maximum atomic E-state index is 12.7. The minimum atomic E-state index is -1.77. The number of carboxylic acids is 1. The number of allylic oxidation sites excluding steroid dienone is 2. The average Bonchev–Trinajstić information content (AvgIpc) is 3.02. The van der Waals surface area contributed by atoms with Crippen LogP contribution in [0.5, 0.6) is 5.75 Å². The monoisotopic (exact) mass is 606 g/mol. The van der Waals surface area contributed by atoms with Crippen LogP contribution in [0.15, 0.2) is 55.7 Å². The zero-order valence-electron chi connectivity index (χ0n) is 18.1. The fourth-order valence-corrected chi connectivity index (χ4v) is 9.73. The van der Waals surface area contributed by atoms with Gasteiger partial charge in [-0.2, -0.15) is 0 Å². The lowest BCUT2D eigenvalue weighted by molar-refractivity contribution is -0.144. The molecule has 5 nitrogen and oxygen atoms in total. The highest BCUT2D eigenvalue weighted by Gasteiger charge is 2.83. The number of alkyl halides is 4. The van der Waals surface area contributed by atoms with E-state index in [9.17, 15) is 19.8 Å². The largest absolute Gasteiger partial charge is 0.508 e. The summed E-state index contributed by atoms with van der Waals surface area (Å²) in [6, 6.07) is 8.92. The summed E-state index contributed by atoms with van der Waals surface area (Å²) >= 11 is 40.8. The summed E-state index contributed by atoms with van der Waals surface area (Å²) in [5, 5.41) is 21.1. The molecule has 2 saturated carbocycles. The Hall–Kier alpha value is -1.34. The van der Waals surface area contributed by atoms with Crippen LogP contribution in [0.2, 0.25) is 0 Å². The number of aliphatic carboxylic acids is 1. The highest BCUT2D eigenvalue weighted by molar-refractivity contribution is 6.65. The first-order chi connectivity index (χ1) is 16.8. The van der Waals surface area contributed by atoms with E-state index in [1.54, 1.807) is 12.1 Å². The van der Waals surface area contributed by atoms with Gasteiger partial charge in [0.05, 0.1) is 16.0 Å². The molecule has 188 valence electrons. The van der Waals surface area contributed by atoms with Crippen LogP contribution in [0, 0.1) is 17.8 Å². The number of hydrogen-bond acceptors (Lipinski definition) is 4. The first kappa shape index (κ1) is 25.0. The number of phenolic OH excluding ortho intramolecular Hbond substituents is 1. The van der Waals surface area contributed by atoms with Gasteiger partial charge < -0.3 is 14.6 Å². The van der Waals surface area contributed by atoms with Crippen LogP contribution in [0.4, 0.5) is 0 Å². The van der Waals surface area contributed by atoms with Gasteiger partial charge in [-0.1, -0.05) is 46.4 Å². The Bertz CT molecular complexity index is 1530. The lowest BCUT2D eigenvalue weighted by Gasteiger charge is -2.45. The van der Waals surface area contributed by atoms with Crippen LogP contribution in [-0.4, -0.2) is 30.3 Å². The topological polar surface area (TPSA) is 87.7 Å². The van der Waals surface area contributed by atoms with Gasteiger partial charge in [0.25, 0.3) is 0 Å². The Labute approximate surface area is 234 Å². The molecule has 0 amide bonds. The third-order valence-corrected chi connectivity index (χ3v) is 12.5. The molecule has 2 bridgehead atoms. The number of carboxylic acid groups (broad SMARTS) is 1. The Kier molecular flexibility index (Phi) is 5.44. The quantitative estimate of drug-likeness (QED) is 0.236. The molecule has 6 unspecified atom stereocenters. The Morgan fingerprint density at radius 2 is 1.58 bits per heavy atom. The number of hydrogen-bond donors (Lipinski definition) is 2. The van der Waals surface area contributed by atoms with Crippen LogP contribution in [0.1, 0.15) is 24.3 Å². The van der Waals surface area contributed by atoms with Crippen molar-refractivity contribution in [1.82, 2.24) is 0 Å². The van der Waals surface area contributed by atoms with Crippen LogP contribution < -0.4 is 5.43 Å². The molecule has 1 heterocycles. The van der Waals surface area contributed by atoms with Gasteiger partial charge >= 0.3 is 5.97 Å². The van der Waals surface area contributed by atoms with Crippen molar-refractivity contribution in [2.45, 2.75) is 32.8 Å². The summed E-state index contributed by atoms with van der Waals surface area (Å²) < 4.78 is 4.15. The van der Waals surface area contributed by atoms with Crippen molar-refractivity contribution in [3.63, 3.8) is 0 Å². The van der Waals surface area contributed by atoms with Gasteiger partial charge in [-0.3, -0.25) is 9.59 Å². The van der Waals surface area contributed by atoms with E-state index in [0.29, 0.717) is 22.1 Å². The number of carbonyl (C=O) groups is 1. The predicted molar refractivity (Wildman–Crippen MR) is 141 cm³/mol. The molecule has 11 heteroatoms. The third kappa shape index (κ3) is 2.88. The van der Waals surface area contributed by atoms with Crippen molar-refractivity contribution in [1.29, 1.82) is 0 Å². The van der Waals surface area contributed by atoms with E-state index in [4.69, 9.17) is 74.0 Å². The second-order valence-electron chi connectivity index (χ2n) is 9.72. The lowest BCUT2D eigenvalue weighted by atomic mass is 9.62. The molecule has 6 atom stereocenters. The van der Waals surface area contributed by atoms with Gasteiger partial charge in [0.15, 0.2) is 9.76 Å². The van der Waals surface area contributed by atoms with Crippen LogP contribution in [0.25, 0.3) is 22.3 Å². The number of benzene rings is 2. The maximum Gasteiger partial charge on any atom is 0.307 e. The third-order valence-electron chi connectivity index (χ3n) is 8.16. The normalized spacial score (nSPS) is 34.9. The average molecular weight is 609 g/mol. The highest BCUT2D eigenvalue weighted by atomic mass is 35.5. The fraction of sp³-hybridized carbons (Fsp3) is 0.360. The van der Waals surface area contributed by atoms with Gasteiger partial charge in [0.2, 0.25) is 0 Å². The molecular weight excluding hydrogens is 593 g/mol. The Balaban J connectivity index is 1.61.